The highest BCUT2D eigenvalue weighted by molar-refractivity contribution is 7.80. The molecule has 0 fully saturated rings. The first-order valence-corrected chi connectivity index (χ1v) is 6.70. The van der Waals surface area contributed by atoms with E-state index < -0.39 is 0 Å². The van der Waals surface area contributed by atoms with Gasteiger partial charge in [0.15, 0.2) is 0 Å². The summed E-state index contributed by atoms with van der Waals surface area (Å²) in [5.74, 6) is 1.42. The largest absolute Gasteiger partial charge is 0.495 e. The van der Waals surface area contributed by atoms with E-state index in [1.165, 1.54) is 7.11 Å². The second-order valence-corrected chi connectivity index (χ2v) is 4.97. The van der Waals surface area contributed by atoms with E-state index in [0.717, 1.165) is 0 Å². The molecule has 0 saturated carbocycles. The molecule has 1 amide bonds. The number of rotatable bonds is 4. The first-order valence-electron chi connectivity index (χ1n) is 6.29. The van der Waals surface area contributed by atoms with E-state index in [1.807, 2.05) is 0 Å². The number of carbonyl (C=O) groups is 1. The fourth-order valence-corrected chi connectivity index (χ4v) is 2.24. The predicted octanol–water partition coefficient (Wildman–Crippen LogP) is 2.79. The normalized spacial score (nSPS) is 10.2. The number of amides is 1. The van der Waals surface area contributed by atoms with E-state index in [-0.39, 0.29) is 10.9 Å². The van der Waals surface area contributed by atoms with Gasteiger partial charge in [-0.05, 0) is 32.0 Å². The fourth-order valence-electron chi connectivity index (χ4n) is 2.07. The number of nitrogens with two attached hydrogens (primary N) is 1. The van der Waals surface area contributed by atoms with Gasteiger partial charge in [-0.2, -0.15) is 0 Å². The molecule has 1 aromatic heterocycles. The van der Waals surface area contributed by atoms with Crippen molar-refractivity contribution in [3.63, 3.8) is 0 Å². The lowest BCUT2D eigenvalue weighted by Gasteiger charge is -2.14. The van der Waals surface area contributed by atoms with Gasteiger partial charge in [0.25, 0.3) is 5.91 Å². The highest BCUT2D eigenvalue weighted by Crippen LogP contribution is 2.29. The SMILES string of the molecule is COc1cccc(C(N)=S)c1NC(=O)c1cc(C)oc1C. The van der Waals surface area contributed by atoms with Crippen molar-refractivity contribution >= 4 is 28.8 Å². The molecule has 0 bridgehead atoms. The van der Waals surface area contributed by atoms with Gasteiger partial charge < -0.3 is 20.2 Å². The number of hydrogen-bond donors (Lipinski definition) is 2. The van der Waals surface area contributed by atoms with Crippen molar-refractivity contribution in [1.82, 2.24) is 0 Å². The Hall–Kier alpha value is -2.34. The molecule has 0 saturated heterocycles. The van der Waals surface area contributed by atoms with Gasteiger partial charge in [0, 0.05) is 5.56 Å². The lowest BCUT2D eigenvalue weighted by molar-refractivity contribution is 0.102. The van der Waals surface area contributed by atoms with Crippen molar-refractivity contribution in [2.45, 2.75) is 13.8 Å². The van der Waals surface area contributed by atoms with Crippen LogP contribution in [0.3, 0.4) is 0 Å². The zero-order chi connectivity index (χ0) is 15.6. The van der Waals surface area contributed by atoms with Gasteiger partial charge in [-0.3, -0.25) is 4.79 Å². The molecule has 1 aromatic carbocycles. The van der Waals surface area contributed by atoms with E-state index in [4.69, 9.17) is 27.1 Å². The van der Waals surface area contributed by atoms with Crippen LogP contribution in [0.1, 0.15) is 27.4 Å². The van der Waals surface area contributed by atoms with Crippen molar-refractivity contribution < 1.29 is 13.9 Å². The van der Waals surface area contributed by atoms with Gasteiger partial charge in [-0.25, -0.2) is 0 Å². The minimum atomic E-state index is -0.300. The van der Waals surface area contributed by atoms with Gasteiger partial charge in [-0.1, -0.05) is 18.3 Å². The Morgan fingerprint density at radius 2 is 2.05 bits per heavy atom. The lowest BCUT2D eigenvalue weighted by Crippen LogP contribution is -2.18. The van der Waals surface area contributed by atoms with Crippen LogP contribution in [0.15, 0.2) is 28.7 Å². The average molecular weight is 304 g/mol. The first kappa shape index (κ1) is 15.1. The molecule has 6 heteroatoms. The van der Waals surface area contributed by atoms with Gasteiger partial charge in [0.2, 0.25) is 0 Å². The zero-order valence-corrected chi connectivity index (χ0v) is 12.8. The van der Waals surface area contributed by atoms with Crippen LogP contribution in [-0.4, -0.2) is 18.0 Å². The standard InChI is InChI=1S/C15H16N2O3S/c1-8-7-11(9(2)20-8)15(18)17-13-10(14(16)21)5-4-6-12(13)19-3/h4-7H,1-3H3,(H2,16,21)(H,17,18). The first-order chi connectivity index (χ1) is 9.93. The minimum absolute atomic E-state index is 0.185. The van der Waals surface area contributed by atoms with Crippen LogP contribution in [0.5, 0.6) is 5.75 Å². The topological polar surface area (TPSA) is 77.5 Å². The molecule has 2 aromatic rings. The van der Waals surface area contributed by atoms with E-state index in [9.17, 15) is 4.79 Å². The van der Waals surface area contributed by atoms with Crippen molar-refractivity contribution in [3.8, 4) is 5.75 Å². The Balaban J connectivity index is 2.41. The number of methoxy groups -OCH3 is 1. The number of aryl methyl sites for hydroxylation is 2. The van der Waals surface area contributed by atoms with Crippen LogP contribution in [-0.2, 0) is 0 Å². The van der Waals surface area contributed by atoms with E-state index in [1.54, 1.807) is 38.1 Å². The number of hydrogen-bond acceptors (Lipinski definition) is 4. The number of para-hydroxylation sites is 1. The van der Waals surface area contributed by atoms with Gasteiger partial charge in [-0.15, -0.1) is 0 Å². The number of ether oxygens (including phenoxy) is 1. The Labute approximate surface area is 128 Å². The molecule has 5 nitrogen and oxygen atoms in total. The number of anilines is 1. The number of thiocarbonyl (C=S) groups is 1. The summed E-state index contributed by atoms with van der Waals surface area (Å²) in [6.45, 7) is 3.52. The van der Waals surface area contributed by atoms with E-state index >= 15 is 0 Å². The summed E-state index contributed by atoms with van der Waals surface area (Å²) in [4.78, 5) is 12.6. The molecular weight excluding hydrogens is 288 g/mol. The molecule has 0 radical (unpaired) electrons. The molecule has 0 unspecified atom stereocenters. The third-order valence-corrected chi connectivity index (χ3v) is 3.26. The van der Waals surface area contributed by atoms with Crippen molar-refractivity contribution in [2.24, 2.45) is 5.73 Å². The third kappa shape index (κ3) is 3.05. The monoisotopic (exact) mass is 304 g/mol. The maximum Gasteiger partial charge on any atom is 0.259 e. The van der Waals surface area contributed by atoms with Crippen molar-refractivity contribution in [2.75, 3.05) is 12.4 Å². The molecule has 0 aliphatic carbocycles. The van der Waals surface area contributed by atoms with Gasteiger partial charge in [0.05, 0.1) is 18.4 Å². The Bertz CT molecular complexity index is 707. The smallest absolute Gasteiger partial charge is 0.259 e. The maximum absolute atomic E-state index is 12.4. The van der Waals surface area contributed by atoms with E-state index in [0.29, 0.717) is 34.1 Å². The Morgan fingerprint density at radius 3 is 2.57 bits per heavy atom. The summed E-state index contributed by atoms with van der Waals surface area (Å²) >= 11 is 5.01. The summed E-state index contributed by atoms with van der Waals surface area (Å²) < 4.78 is 10.6. The van der Waals surface area contributed by atoms with Crippen LogP contribution in [0.4, 0.5) is 5.69 Å². The van der Waals surface area contributed by atoms with Crippen LogP contribution >= 0.6 is 12.2 Å². The molecule has 1 heterocycles. The molecule has 2 rings (SSSR count). The van der Waals surface area contributed by atoms with Crippen LogP contribution in [0.2, 0.25) is 0 Å². The molecule has 0 atom stereocenters. The molecule has 110 valence electrons. The summed E-state index contributed by atoms with van der Waals surface area (Å²) in [6, 6.07) is 6.90. The average Bonchev–Trinajstić information content (AvgIpc) is 2.77. The second-order valence-electron chi connectivity index (χ2n) is 4.53. The third-order valence-electron chi connectivity index (χ3n) is 3.04. The lowest BCUT2D eigenvalue weighted by atomic mass is 10.1. The highest BCUT2D eigenvalue weighted by atomic mass is 32.1. The molecule has 0 aliphatic heterocycles. The number of furan rings is 1. The molecule has 0 spiro atoms. The molecule has 0 aliphatic rings. The minimum Gasteiger partial charge on any atom is -0.495 e. The Kier molecular flexibility index (Phi) is 4.28. The number of benzene rings is 1. The summed E-state index contributed by atoms with van der Waals surface area (Å²) in [6.07, 6.45) is 0. The van der Waals surface area contributed by atoms with E-state index in [2.05, 4.69) is 5.32 Å². The zero-order valence-electron chi connectivity index (χ0n) is 12.0. The second kappa shape index (κ2) is 5.97. The van der Waals surface area contributed by atoms with Gasteiger partial charge in [0.1, 0.15) is 22.3 Å². The Morgan fingerprint density at radius 1 is 1.33 bits per heavy atom. The van der Waals surface area contributed by atoms with Crippen LogP contribution in [0, 0.1) is 13.8 Å². The summed E-state index contributed by atoms with van der Waals surface area (Å²) in [7, 11) is 1.52. The number of carbonyl (C=O) groups excluding carboxylic acids is 1. The van der Waals surface area contributed by atoms with Gasteiger partial charge >= 0.3 is 0 Å². The fraction of sp³-hybridized carbons (Fsp3) is 0.200. The van der Waals surface area contributed by atoms with Crippen molar-refractivity contribution in [3.05, 3.63) is 46.9 Å². The summed E-state index contributed by atoms with van der Waals surface area (Å²) in [5, 5.41) is 2.79. The number of nitrogens with one attached hydrogen (secondary N) is 1. The maximum atomic E-state index is 12.4. The molecule has 3 N–H and O–H groups in total. The molecule has 21 heavy (non-hydrogen) atoms. The predicted molar refractivity (Wildman–Crippen MR) is 85.0 cm³/mol. The highest BCUT2D eigenvalue weighted by Gasteiger charge is 2.18. The van der Waals surface area contributed by atoms with Crippen LogP contribution in [0.25, 0.3) is 0 Å². The quantitative estimate of drug-likeness (QED) is 0.849. The van der Waals surface area contributed by atoms with Crippen molar-refractivity contribution in [1.29, 1.82) is 0 Å². The summed E-state index contributed by atoms with van der Waals surface area (Å²) in [5.41, 5.74) is 7.16. The molecular formula is C15H16N2O3S. The van der Waals surface area contributed by atoms with Crippen LogP contribution < -0.4 is 15.8 Å².